The summed E-state index contributed by atoms with van der Waals surface area (Å²) >= 11 is 0. The zero-order valence-electron chi connectivity index (χ0n) is 4.73. The molecule has 0 spiro atoms. The summed E-state index contributed by atoms with van der Waals surface area (Å²) in [4.78, 5) is 0. The van der Waals surface area contributed by atoms with E-state index in [1.54, 1.807) is 0 Å². The Balaban J connectivity index is -0.0000000480. The van der Waals surface area contributed by atoms with E-state index in [0.717, 1.165) is 5.92 Å². The molecular weight excluding hydrogens is 84.1 g/mol. The molecular formula is C7H16. The lowest BCUT2D eigenvalue weighted by molar-refractivity contribution is 0.737. The first kappa shape index (κ1) is 16.0. The predicted octanol–water partition coefficient (Wildman–Crippen LogP) is 2.55. The van der Waals surface area contributed by atoms with Crippen molar-refractivity contribution in [1.82, 2.24) is 0 Å². The molecule has 0 N–H and O–H groups in total. The van der Waals surface area contributed by atoms with Crippen LogP contribution in [0.1, 0.15) is 28.2 Å². The number of rotatable bonds is 0. The third-order valence-corrected chi connectivity index (χ3v) is 0. The molecule has 0 atom stereocenters. The zero-order chi connectivity index (χ0) is 5.58. The zero-order valence-corrected chi connectivity index (χ0v) is 4.73. The Morgan fingerprint density at radius 2 is 1.00 bits per heavy atom. The van der Waals surface area contributed by atoms with Crippen LogP contribution in [0.5, 0.6) is 0 Å². The van der Waals surface area contributed by atoms with Crippen LogP contribution in [0.3, 0.4) is 0 Å². The van der Waals surface area contributed by atoms with Crippen LogP contribution < -0.4 is 0 Å². The average molecular weight is 100 g/mol. The van der Waals surface area contributed by atoms with Crippen molar-refractivity contribution in [3.8, 4) is 12.8 Å². The molecule has 0 aromatic heterocycles. The molecule has 0 nitrogen and oxygen atoms in total. The van der Waals surface area contributed by atoms with Crippen molar-refractivity contribution >= 4 is 0 Å². The first-order valence-corrected chi connectivity index (χ1v) is 2.07. The smallest absolute Gasteiger partial charge is 0.0500 e. The van der Waals surface area contributed by atoms with Gasteiger partial charge in [0, 0.05) is 0 Å². The fourth-order valence-electron chi connectivity index (χ4n) is 0. The molecule has 7 heavy (non-hydrogen) atoms. The van der Waals surface area contributed by atoms with Crippen molar-refractivity contribution in [2.75, 3.05) is 0 Å². The summed E-state index contributed by atoms with van der Waals surface area (Å²) in [7, 11) is 0. The van der Waals surface area contributed by atoms with Crippen molar-refractivity contribution < 1.29 is 0 Å². The highest BCUT2D eigenvalue weighted by molar-refractivity contribution is 4.47. The van der Waals surface area contributed by atoms with Crippen LogP contribution in [0.15, 0.2) is 0 Å². The number of hydrogen-bond donors (Lipinski definition) is 0. The van der Waals surface area contributed by atoms with Crippen LogP contribution in [0.4, 0.5) is 0 Å². The molecule has 0 aromatic rings. The van der Waals surface area contributed by atoms with Crippen LogP contribution >= 0.6 is 0 Å². The molecule has 0 saturated carbocycles. The van der Waals surface area contributed by atoms with Crippen LogP contribution in [-0.4, -0.2) is 0 Å². The Hall–Kier alpha value is -0.440. The predicted molar refractivity (Wildman–Crippen MR) is 37.1 cm³/mol. The van der Waals surface area contributed by atoms with Gasteiger partial charge in [-0.25, -0.2) is 0 Å². The van der Waals surface area contributed by atoms with Crippen LogP contribution in [-0.2, 0) is 0 Å². The molecule has 0 aliphatic rings. The number of hydrogen-bond acceptors (Lipinski definition) is 0. The van der Waals surface area contributed by atoms with Gasteiger partial charge in [0.2, 0.25) is 0 Å². The summed E-state index contributed by atoms with van der Waals surface area (Å²) in [6.07, 6.45) is 8.00. The topological polar surface area (TPSA) is 0 Å². The van der Waals surface area contributed by atoms with E-state index >= 15 is 0 Å². The van der Waals surface area contributed by atoms with Gasteiger partial charge in [-0.2, -0.15) is 0 Å². The van der Waals surface area contributed by atoms with Crippen LogP contribution in [0.2, 0.25) is 0 Å². The third-order valence-electron chi connectivity index (χ3n) is 0. The molecule has 0 aliphatic carbocycles. The Bertz CT molecular complexity index is 21.5. The number of terminal acetylenes is 1. The van der Waals surface area contributed by atoms with E-state index in [2.05, 4.69) is 33.6 Å². The monoisotopic (exact) mass is 100 g/mol. The van der Waals surface area contributed by atoms with Crippen LogP contribution in [0, 0.1) is 18.8 Å². The van der Waals surface area contributed by atoms with Crippen molar-refractivity contribution in [3.63, 3.8) is 0 Å². The minimum atomic E-state index is 0. The largest absolute Gasteiger partial charge is 0.124 e. The first-order valence-electron chi connectivity index (χ1n) is 2.07. The highest BCUT2D eigenvalue weighted by atomic mass is 13.7. The molecule has 44 valence electrons. The van der Waals surface area contributed by atoms with E-state index in [0.29, 0.717) is 0 Å². The van der Waals surface area contributed by atoms with Crippen molar-refractivity contribution in [2.24, 2.45) is 5.92 Å². The normalized spacial score (nSPS) is 5.43. The van der Waals surface area contributed by atoms with Crippen molar-refractivity contribution in [3.05, 3.63) is 0 Å². The standard InChI is InChI=1S/C4H10.C2H2.CH4/c1-4(2)3;1-2;/h4H,1-3H3;1-2H;1H4. The minimum absolute atomic E-state index is 0. The minimum Gasteiger partial charge on any atom is -0.124 e. The maximum Gasteiger partial charge on any atom is -0.0500 e. The lowest BCUT2D eigenvalue weighted by Crippen LogP contribution is -1.66. The van der Waals surface area contributed by atoms with Gasteiger partial charge in [-0.05, 0) is 5.92 Å². The van der Waals surface area contributed by atoms with Gasteiger partial charge >= 0.3 is 0 Å². The lowest BCUT2D eigenvalue weighted by atomic mass is 10.3. The molecule has 0 saturated heterocycles. The molecule has 0 rings (SSSR count). The molecule has 0 amide bonds. The average Bonchev–Trinajstić information content (AvgIpc) is 1.41. The fraction of sp³-hybridized carbons (Fsp3) is 0.714. The van der Waals surface area contributed by atoms with Gasteiger partial charge in [0.15, 0.2) is 0 Å². The quantitative estimate of drug-likeness (QED) is 0.410. The summed E-state index contributed by atoms with van der Waals surface area (Å²) < 4.78 is 0. The Morgan fingerprint density at radius 3 is 1.00 bits per heavy atom. The van der Waals surface area contributed by atoms with Crippen molar-refractivity contribution in [1.29, 1.82) is 0 Å². The third kappa shape index (κ3) is 364. The Kier molecular flexibility index (Phi) is 40.3. The molecule has 0 aromatic carbocycles. The van der Waals surface area contributed by atoms with Gasteiger partial charge in [0.1, 0.15) is 0 Å². The second-order valence-electron chi connectivity index (χ2n) is 1.73. The van der Waals surface area contributed by atoms with Gasteiger partial charge in [-0.3, -0.25) is 0 Å². The molecule has 0 radical (unpaired) electrons. The highest BCUT2D eigenvalue weighted by Crippen LogP contribution is 1.81. The van der Waals surface area contributed by atoms with E-state index in [4.69, 9.17) is 0 Å². The first-order chi connectivity index (χ1) is 2.73. The van der Waals surface area contributed by atoms with E-state index in [1.807, 2.05) is 0 Å². The molecule has 0 heterocycles. The van der Waals surface area contributed by atoms with Crippen LogP contribution in [0.25, 0.3) is 0 Å². The molecule has 0 aliphatic heterocycles. The summed E-state index contributed by atoms with van der Waals surface area (Å²) in [6, 6.07) is 0. The second kappa shape index (κ2) is 17.6. The molecule has 0 unspecified atom stereocenters. The Morgan fingerprint density at radius 1 is 1.00 bits per heavy atom. The summed E-state index contributed by atoms with van der Waals surface area (Å²) in [5.41, 5.74) is 0. The molecule has 0 bridgehead atoms. The van der Waals surface area contributed by atoms with E-state index in [-0.39, 0.29) is 7.43 Å². The summed E-state index contributed by atoms with van der Waals surface area (Å²) in [5.74, 6) is 0.833. The Labute approximate surface area is 47.9 Å². The second-order valence-corrected chi connectivity index (χ2v) is 1.73. The van der Waals surface area contributed by atoms with Gasteiger partial charge in [0.05, 0.1) is 0 Å². The van der Waals surface area contributed by atoms with E-state index < -0.39 is 0 Å². The molecule has 0 heteroatoms. The van der Waals surface area contributed by atoms with Gasteiger partial charge in [-0.1, -0.05) is 28.2 Å². The highest BCUT2D eigenvalue weighted by Gasteiger charge is 1.68. The fourth-order valence-corrected chi connectivity index (χ4v) is 0. The SMILES string of the molecule is C.C#C.CC(C)C. The van der Waals surface area contributed by atoms with Gasteiger partial charge in [0.25, 0.3) is 0 Å². The lowest BCUT2D eigenvalue weighted by Gasteiger charge is -1.79. The van der Waals surface area contributed by atoms with Gasteiger partial charge in [-0.15, -0.1) is 12.8 Å². The maximum absolute atomic E-state index is 4.00. The molecule has 0 fully saturated rings. The summed E-state index contributed by atoms with van der Waals surface area (Å²) in [6.45, 7) is 6.50. The van der Waals surface area contributed by atoms with E-state index in [1.165, 1.54) is 0 Å². The maximum atomic E-state index is 4.00. The summed E-state index contributed by atoms with van der Waals surface area (Å²) in [5, 5.41) is 0. The van der Waals surface area contributed by atoms with Gasteiger partial charge < -0.3 is 0 Å². The van der Waals surface area contributed by atoms with Crippen molar-refractivity contribution in [2.45, 2.75) is 28.2 Å². The van der Waals surface area contributed by atoms with E-state index in [9.17, 15) is 0 Å².